The van der Waals surface area contributed by atoms with Crippen LogP contribution in [-0.4, -0.2) is 22.9 Å². The van der Waals surface area contributed by atoms with Gasteiger partial charge in [-0.25, -0.2) is 9.18 Å². The Morgan fingerprint density at radius 1 is 1.00 bits per heavy atom. The highest BCUT2D eigenvalue weighted by Crippen LogP contribution is 2.33. The third kappa shape index (κ3) is 7.34. The Morgan fingerprint density at radius 3 is 2.45 bits per heavy atom. The second kappa shape index (κ2) is 12.9. The number of urea groups is 1. The molecular formula is C33H37FN2O4. The van der Waals surface area contributed by atoms with E-state index in [1.165, 1.54) is 17.2 Å². The SMILES string of the molecule is CCC(C)[C@H](CC(=O)CC1CCc2cc(-c3ccc(NC(=O)Nc4cccc(C)c4)c(F)c3)ccc2C1)C(=O)O. The third-order valence-electron chi connectivity index (χ3n) is 7.98. The number of rotatable bonds is 10. The molecule has 0 heterocycles. The van der Waals surface area contributed by atoms with Gasteiger partial charge in [0.15, 0.2) is 0 Å². The Kier molecular flexibility index (Phi) is 9.35. The molecule has 0 saturated heterocycles. The van der Waals surface area contributed by atoms with Crippen LogP contribution in [0.15, 0.2) is 60.7 Å². The highest BCUT2D eigenvalue weighted by molar-refractivity contribution is 6.00. The fourth-order valence-electron chi connectivity index (χ4n) is 5.45. The number of aryl methyl sites for hydroxylation is 2. The molecule has 2 unspecified atom stereocenters. The molecule has 3 atom stereocenters. The fraction of sp³-hybridized carbons (Fsp3) is 0.364. The zero-order valence-corrected chi connectivity index (χ0v) is 23.3. The minimum atomic E-state index is -0.894. The molecule has 7 heteroatoms. The van der Waals surface area contributed by atoms with E-state index in [9.17, 15) is 23.9 Å². The summed E-state index contributed by atoms with van der Waals surface area (Å²) in [4.78, 5) is 36.7. The lowest BCUT2D eigenvalue weighted by Crippen LogP contribution is -2.26. The standard InChI is InChI=1S/C33H37FN2O4/c1-4-21(3)29(32(38)39)19-28(37)16-22-8-9-24-17-25(11-10-23(24)15-22)26-12-13-31(30(34)18-26)36-33(40)35-27-7-5-6-20(2)14-27/h5-7,10-14,17-18,21-22,29H,4,8-9,15-16,19H2,1-3H3,(H,38,39)(H2,35,36,40)/t21?,22?,29-/m0/s1. The number of hydrogen-bond donors (Lipinski definition) is 3. The molecule has 6 nitrogen and oxygen atoms in total. The van der Waals surface area contributed by atoms with Gasteiger partial charge in [-0.3, -0.25) is 9.59 Å². The molecule has 0 bridgehead atoms. The Morgan fingerprint density at radius 2 is 1.75 bits per heavy atom. The summed E-state index contributed by atoms with van der Waals surface area (Å²) in [7, 11) is 0. The van der Waals surface area contributed by atoms with E-state index in [4.69, 9.17) is 0 Å². The Bertz CT molecular complexity index is 1400. The van der Waals surface area contributed by atoms with Crippen molar-refractivity contribution in [3.63, 3.8) is 0 Å². The first kappa shape index (κ1) is 29.0. The molecule has 3 aromatic carbocycles. The maximum absolute atomic E-state index is 14.9. The van der Waals surface area contributed by atoms with Gasteiger partial charge in [-0.2, -0.15) is 0 Å². The van der Waals surface area contributed by atoms with E-state index in [0.29, 0.717) is 17.7 Å². The van der Waals surface area contributed by atoms with E-state index >= 15 is 0 Å². The number of carbonyl (C=O) groups excluding carboxylic acids is 2. The number of carboxylic acids is 1. The molecule has 0 saturated carbocycles. The van der Waals surface area contributed by atoms with Gasteiger partial charge < -0.3 is 15.7 Å². The van der Waals surface area contributed by atoms with Crippen LogP contribution in [0.4, 0.5) is 20.6 Å². The maximum Gasteiger partial charge on any atom is 0.323 e. The smallest absolute Gasteiger partial charge is 0.323 e. The molecule has 40 heavy (non-hydrogen) atoms. The summed E-state index contributed by atoms with van der Waals surface area (Å²) in [5.41, 5.74) is 5.70. The summed E-state index contributed by atoms with van der Waals surface area (Å²) < 4.78 is 14.9. The predicted octanol–water partition coefficient (Wildman–Crippen LogP) is 7.65. The number of Topliss-reactive ketones (excluding diaryl/α,β-unsaturated/α-hetero) is 1. The van der Waals surface area contributed by atoms with Crippen molar-refractivity contribution in [2.75, 3.05) is 10.6 Å². The summed E-state index contributed by atoms with van der Waals surface area (Å²) in [5, 5.41) is 14.8. The zero-order chi connectivity index (χ0) is 28.8. The lowest BCUT2D eigenvalue weighted by atomic mass is 9.79. The predicted molar refractivity (Wildman–Crippen MR) is 156 cm³/mol. The Labute approximate surface area is 235 Å². The average Bonchev–Trinajstić information content (AvgIpc) is 2.92. The van der Waals surface area contributed by atoms with Crippen LogP contribution in [0, 0.1) is 30.5 Å². The summed E-state index contributed by atoms with van der Waals surface area (Å²) in [5.74, 6) is -1.85. The second-order valence-electron chi connectivity index (χ2n) is 11.0. The first-order chi connectivity index (χ1) is 19.1. The van der Waals surface area contributed by atoms with Gasteiger partial charge in [-0.15, -0.1) is 0 Å². The molecule has 1 aliphatic rings. The average molecular weight is 545 g/mol. The Balaban J connectivity index is 1.37. The van der Waals surface area contributed by atoms with Crippen LogP contribution in [0.1, 0.15) is 56.2 Å². The van der Waals surface area contributed by atoms with E-state index in [-0.39, 0.29) is 29.7 Å². The molecule has 0 radical (unpaired) electrons. The number of ketones is 1. The zero-order valence-electron chi connectivity index (χ0n) is 23.3. The number of benzene rings is 3. The number of carbonyl (C=O) groups is 3. The van der Waals surface area contributed by atoms with Gasteiger partial charge in [0.2, 0.25) is 0 Å². The van der Waals surface area contributed by atoms with Crippen LogP contribution in [-0.2, 0) is 22.4 Å². The van der Waals surface area contributed by atoms with Gasteiger partial charge in [-0.1, -0.05) is 56.7 Å². The van der Waals surface area contributed by atoms with Gasteiger partial charge in [0, 0.05) is 18.5 Å². The number of nitrogens with one attached hydrogen (secondary N) is 2. The summed E-state index contributed by atoms with van der Waals surface area (Å²) in [6.45, 7) is 5.76. The van der Waals surface area contributed by atoms with Crippen LogP contribution in [0.3, 0.4) is 0 Å². The van der Waals surface area contributed by atoms with Crippen molar-refractivity contribution in [1.82, 2.24) is 0 Å². The topological polar surface area (TPSA) is 95.5 Å². The highest BCUT2D eigenvalue weighted by Gasteiger charge is 2.28. The van der Waals surface area contributed by atoms with Gasteiger partial charge in [0.25, 0.3) is 0 Å². The minimum Gasteiger partial charge on any atom is -0.481 e. The number of fused-ring (bicyclic) bond motifs is 1. The number of anilines is 2. The van der Waals surface area contributed by atoms with Crippen molar-refractivity contribution in [2.45, 2.75) is 59.3 Å². The number of hydrogen-bond acceptors (Lipinski definition) is 3. The molecule has 0 aliphatic heterocycles. The minimum absolute atomic E-state index is 0.0227. The first-order valence-electron chi connectivity index (χ1n) is 13.9. The van der Waals surface area contributed by atoms with E-state index in [1.54, 1.807) is 18.2 Å². The van der Waals surface area contributed by atoms with Crippen molar-refractivity contribution < 1.29 is 23.9 Å². The van der Waals surface area contributed by atoms with Crippen molar-refractivity contribution >= 4 is 29.2 Å². The molecule has 0 fully saturated rings. The second-order valence-corrected chi connectivity index (χ2v) is 11.0. The molecule has 210 valence electrons. The van der Waals surface area contributed by atoms with Gasteiger partial charge in [-0.05, 0) is 90.1 Å². The lowest BCUT2D eigenvalue weighted by molar-refractivity contribution is -0.145. The number of aliphatic carboxylic acids is 1. The number of carboxylic acid groups (broad SMARTS) is 1. The van der Waals surface area contributed by atoms with Crippen molar-refractivity contribution in [2.24, 2.45) is 17.8 Å². The molecule has 3 N–H and O–H groups in total. The van der Waals surface area contributed by atoms with E-state index in [2.05, 4.69) is 16.7 Å². The largest absolute Gasteiger partial charge is 0.481 e. The lowest BCUT2D eigenvalue weighted by Gasteiger charge is -2.26. The van der Waals surface area contributed by atoms with Crippen LogP contribution in [0.2, 0.25) is 0 Å². The van der Waals surface area contributed by atoms with Crippen LogP contribution in [0.25, 0.3) is 11.1 Å². The van der Waals surface area contributed by atoms with Gasteiger partial charge in [0.05, 0.1) is 11.6 Å². The summed E-state index contributed by atoms with van der Waals surface area (Å²) in [6.07, 6.45) is 3.67. The van der Waals surface area contributed by atoms with Gasteiger partial charge in [0.1, 0.15) is 11.6 Å². The van der Waals surface area contributed by atoms with Gasteiger partial charge >= 0.3 is 12.0 Å². The molecule has 0 spiro atoms. The molecule has 3 aromatic rings. The third-order valence-corrected chi connectivity index (χ3v) is 7.98. The normalized spacial score (nSPS) is 15.9. The van der Waals surface area contributed by atoms with E-state index < -0.39 is 23.7 Å². The monoisotopic (exact) mass is 544 g/mol. The summed E-state index contributed by atoms with van der Waals surface area (Å²) in [6, 6.07) is 17.7. The quantitative estimate of drug-likeness (QED) is 0.244. The molecular weight excluding hydrogens is 507 g/mol. The molecule has 4 rings (SSSR count). The van der Waals surface area contributed by atoms with E-state index in [1.807, 2.05) is 51.1 Å². The molecule has 1 aliphatic carbocycles. The maximum atomic E-state index is 14.9. The van der Waals surface area contributed by atoms with Crippen LogP contribution in [0.5, 0.6) is 0 Å². The molecule has 0 aromatic heterocycles. The van der Waals surface area contributed by atoms with Crippen LogP contribution < -0.4 is 10.6 Å². The Hall–Kier alpha value is -4.00. The van der Waals surface area contributed by atoms with E-state index in [0.717, 1.165) is 36.8 Å². The fourth-order valence-corrected chi connectivity index (χ4v) is 5.45. The summed E-state index contributed by atoms with van der Waals surface area (Å²) >= 11 is 0. The van der Waals surface area contributed by atoms with Crippen molar-refractivity contribution in [3.8, 4) is 11.1 Å². The highest BCUT2D eigenvalue weighted by atomic mass is 19.1. The van der Waals surface area contributed by atoms with Crippen molar-refractivity contribution in [3.05, 3.63) is 83.2 Å². The van der Waals surface area contributed by atoms with Crippen LogP contribution >= 0.6 is 0 Å². The van der Waals surface area contributed by atoms with Crippen molar-refractivity contribution in [1.29, 1.82) is 0 Å². The first-order valence-corrected chi connectivity index (χ1v) is 13.9. The molecule has 2 amide bonds. The number of halogens is 1. The number of amides is 2.